The van der Waals surface area contributed by atoms with Crippen LogP contribution < -0.4 is 4.90 Å². The van der Waals surface area contributed by atoms with E-state index in [0.29, 0.717) is 43.4 Å². The average Bonchev–Trinajstić information content (AvgIpc) is 2.79. The van der Waals surface area contributed by atoms with Gasteiger partial charge in [-0.05, 0) is 31.0 Å². The van der Waals surface area contributed by atoms with Crippen molar-refractivity contribution in [2.24, 2.45) is 5.92 Å². The highest BCUT2D eigenvalue weighted by Gasteiger charge is 2.31. The van der Waals surface area contributed by atoms with Crippen LogP contribution in [0, 0.1) is 5.92 Å². The molecule has 1 saturated heterocycles. The molecule has 2 aromatic rings. The summed E-state index contributed by atoms with van der Waals surface area (Å²) in [6.07, 6.45) is 1.07. The lowest BCUT2D eigenvalue weighted by Crippen LogP contribution is -2.50. The van der Waals surface area contributed by atoms with Gasteiger partial charge < -0.3 is 9.80 Å². The van der Waals surface area contributed by atoms with Crippen molar-refractivity contribution in [2.75, 3.05) is 31.1 Å². The maximum absolute atomic E-state index is 13.0. The van der Waals surface area contributed by atoms with Crippen molar-refractivity contribution in [1.82, 2.24) is 14.9 Å². The molecule has 1 aliphatic rings. The molecule has 1 aromatic carbocycles. The molecule has 3 rings (SSSR count). The molecule has 31 heavy (non-hydrogen) atoms. The van der Waals surface area contributed by atoms with Gasteiger partial charge >= 0.3 is 6.18 Å². The standard InChI is InChI=1S/C23H29F3N4O/c1-3-5-7-17(4-2)21(31)29-12-14-30(15-13-29)22-27-11-10-20(28-22)18-8-6-9-19(16-18)23(24,25)26/h6,8-11,16-17H,3-5,7,12-15H2,1-2H3/t17-/m0/s1. The molecule has 8 heteroatoms. The van der Waals surface area contributed by atoms with Gasteiger partial charge in [0, 0.05) is 43.9 Å². The quantitative estimate of drug-likeness (QED) is 0.614. The zero-order valence-corrected chi connectivity index (χ0v) is 18.0. The molecule has 0 aliphatic carbocycles. The van der Waals surface area contributed by atoms with Crippen LogP contribution in [0.2, 0.25) is 0 Å². The fraction of sp³-hybridized carbons (Fsp3) is 0.522. The molecule has 5 nitrogen and oxygen atoms in total. The predicted octanol–water partition coefficient (Wildman–Crippen LogP) is 5.03. The Hall–Kier alpha value is -2.64. The van der Waals surface area contributed by atoms with Crippen LogP contribution in [0.1, 0.15) is 45.1 Å². The van der Waals surface area contributed by atoms with E-state index in [0.717, 1.165) is 37.8 Å². The van der Waals surface area contributed by atoms with Crippen molar-refractivity contribution in [2.45, 2.75) is 45.7 Å². The third kappa shape index (κ3) is 5.74. The van der Waals surface area contributed by atoms with E-state index in [1.165, 1.54) is 6.07 Å². The van der Waals surface area contributed by atoms with Crippen molar-refractivity contribution in [3.63, 3.8) is 0 Å². The lowest BCUT2D eigenvalue weighted by atomic mass is 9.97. The van der Waals surface area contributed by atoms with Crippen LogP contribution in [0.15, 0.2) is 36.5 Å². The van der Waals surface area contributed by atoms with Gasteiger partial charge in [0.1, 0.15) is 0 Å². The summed E-state index contributed by atoms with van der Waals surface area (Å²) >= 11 is 0. The number of piperazine rings is 1. The summed E-state index contributed by atoms with van der Waals surface area (Å²) in [6, 6.07) is 6.75. The molecule has 0 saturated carbocycles. The van der Waals surface area contributed by atoms with Gasteiger partial charge in [-0.2, -0.15) is 13.2 Å². The largest absolute Gasteiger partial charge is 0.416 e. The summed E-state index contributed by atoms with van der Waals surface area (Å²) in [5.41, 5.74) is 0.139. The van der Waals surface area contributed by atoms with Gasteiger partial charge in [0.2, 0.25) is 11.9 Å². The van der Waals surface area contributed by atoms with E-state index in [1.54, 1.807) is 18.3 Å². The minimum absolute atomic E-state index is 0.0759. The number of rotatable bonds is 7. The SMILES string of the molecule is CCCC[C@H](CC)C(=O)N1CCN(c2nccc(-c3cccc(C(F)(F)F)c3)n2)CC1. The summed E-state index contributed by atoms with van der Waals surface area (Å²) in [5.74, 6) is 0.765. The molecule has 0 radical (unpaired) electrons. The van der Waals surface area contributed by atoms with Gasteiger partial charge in [0.25, 0.3) is 0 Å². The Morgan fingerprint density at radius 3 is 2.52 bits per heavy atom. The number of alkyl halides is 3. The first kappa shape index (κ1) is 23.0. The van der Waals surface area contributed by atoms with Crippen molar-refractivity contribution in [3.05, 3.63) is 42.1 Å². The van der Waals surface area contributed by atoms with Crippen LogP contribution in [0.4, 0.5) is 19.1 Å². The average molecular weight is 435 g/mol. The lowest BCUT2D eigenvalue weighted by molar-refractivity contribution is -0.137. The fourth-order valence-electron chi connectivity index (χ4n) is 3.85. The minimum atomic E-state index is -4.40. The van der Waals surface area contributed by atoms with Gasteiger partial charge in [-0.15, -0.1) is 0 Å². The fourth-order valence-corrected chi connectivity index (χ4v) is 3.85. The number of hydrogen-bond donors (Lipinski definition) is 0. The monoisotopic (exact) mass is 434 g/mol. The molecule has 0 spiro atoms. The summed E-state index contributed by atoms with van der Waals surface area (Å²) in [6.45, 7) is 6.58. The van der Waals surface area contributed by atoms with E-state index in [1.807, 2.05) is 9.80 Å². The van der Waals surface area contributed by atoms with E-state index >= 15 is 0 Å². The van der Waals surface area contributed by atoms with Crippen molar-refractivity contribution >= 4 is 11.9 Å². The molecule has 0 N–H and O–H groups in total. The van der Waals surface area contributed by atoms with Crippen LogP contribution in [0.25, 0.3) is 11.3 Å². The molecule has 1 aliphatic heterocycles. The third-order valence-corrected chi connectivity index (χ3v) is 5.75. The van der Waals surface area contributed by atoms with E-state index < -0.39 is 11.7 Å². The van der Waals surface area contributed by atoms with Crippen LogP contribution in [-0.4, -0.2) is 47.0 Å². The highest BCUT2D eigenvalue weighted by molar-refractivity contribution is 5.79. The molecular weight excluding hydrogens is 405 g/mol. The second-order valence-corrected chi connectivity index (χ2v) is 7.88. The zero-order chi connectivity index (χ0) is 22.4. The molecule has 1 aromatic heterocycles. The number of nitrogens with zero attached hydrogens (tertiary/aromatic N) is 4. The predicted molar refractivity (Wildman–Crippen MR) is 115 cm³/mol. The summed E-state index contributed by atoms with van der Waals surface area (Å²) < 4.78 is 39.1. The van der Waals surface area contributed by atoms with E-state index in [-0.39, 0.29) is 11.8 Å². The first-order chi connectivity index (χ1) is 14.8. The first-order valence-electron chi connectivity index (χ1n) is 10.9. The number of aromatic nitrogens is 2. The normalized spacial score (nSPS) is 15.8. The Bertz CT molecular complexity index is 879. The van der Waals surface area contributed by atoms with Crippen molar-refractivity contribution < 1.29 is 18.0 Å². The number of amides is 1. The number of carbonyl (C=O) groups is 1. The lowest BCUT2D eigenvalue weighted by Gasteiger charge is -2.36. The summed E-state index contributed by atoms with van der Waals surface area (Å²) in [4.78, 5) is 25.5. The molecule has 1 fully saturated rings. The Morgan fingerprint density at radius 1 is 1.13 bits per heavy atom. The number of halogens is 3. The minimum Gasteiger partial charge on any atom is -0.339 e. The first-order valence-corrected chi connectivity index (χ1v) is 10.9. The van der Waals surface area contributed by atoms with Crippen LogP contribution in [0.3, 0.4) is 0 Å². The van der Waals surface area contributed by atoms with Gasteiger partial charge in [0.05, 0.1) is 11.3 Å². The Balaban J connectivity index is 1.68. The number of carbonyl (C=O) groups excluding carboxylic acids is 1. The number of hydrogen-bond acceptors (Lipinski definition) is 4. The summed E-state index contributed by atoms with van der Waals surface area (Å²) in [7, 11) is 0. The molecular formula is C23H29F3N4O. The van der Waals surface area contributed by atoms with Gasteiger partial charge in [0.15, 0.2) is 0 Å². The maximum Gasteiger partial charge on any atom is 0.416 e. The second-order valence-electron chi connectivity index (χ2n) is 7.88. The smallest absolute Gasteiger partial charge is 0.339 e. The Morgan fingerprint density at radius 2 is 1.87 bits per heavy atom. The van der Waals surface area contributed by atoms with Crippen LogP contribution >= 0.6 is 0 Å². The number of benzene rings is 1. The van der Waals surface area contributed by atoms with Crippen molar-refractivity contribution in [3.8, 4) is 11.3 Å². The number of anilines is 1. The third-order valence-electron chi connectivity index (χ3n) is 5.75. The maximum atomic E-state index is 13.0. The van der Waals surface area contributed by atoms with Gasteiger partial charge in [-0.25, -0.2) is 9.97 Å². The molecule has 1 amide bonds. The highest BCUT2D eigenvalue weighted by atomic mass is 19.4. The number of unbranched alkanes of at least 4 members (excludes halogenated alkanes) is 1. The molecule has 2 heterocycles. The molecule has 168 valence electrons. The zero-order valence-electron chi connectivity index (χ0n) is 18.0. The Kier molecular flexibility index (Phi) is 7.51. The Labute approximate surface area is 181 Å². The van der Waals surface area contributed by atoms with Crippen LogP contribution in [0.5, 0.6) is 0 Å². The van der Waals surface area contributed by atoms with Crippen molar-refractivity contribution in [1.29, 1.82) is 0 Å². The van der Waals surface area contributed by atoms with E-state index in [2.05, 4.69) is 23.8 Å². The van der Waals surface area contributed by atoms with Gasteiger partial charge in [-0.1, -0.05) is 38.8 Å². The second kappa shape index (κ2) is 10.1. The van der Waals surface area contributed by atoms with Gasteiger partial charge in [-0.3, -0.25) is 4.79 Å². The summed E-state index contributed by atoms with van der Waals surface area (Å²) in [5, 5.41) is 0. The molecule has 0 bridgehead atoms. The van der Waals surface area contributed by atoms with E-state index in [4.69, 9.17) is 0 Å². The van der Waals surface area contributed by atoms with Crippen LogP contribution in [-0.2, 0) is 11.0 Å². The van der Waals surface area contributed by atoms with E-state index in [9.17, 15) is 18.0 Å². The molecule has 0 unspecified atom stereocenters. The molecule has 1 atom stereocenters. The topological polar surface area (TPSA) is 49.3 Å². The highest BCUT2D eigenvalue weighted by Crippen LogP contribution is 2.32.